The fraction of sp³-hybridized carbons (Fsp3) is 0.562. The van der Waals surface area contributed by atoms with Gasteiger partial charge in [-0.15, -0.1) is 0 Å². The van der Waals surface area contributed by atoms with Crippen LogP contribution in [0.4, 0.5) is 17.6 Å². The molecule has 1 aromatic rings. The first-order valence-corrected chi connectivity index (χ1v) is 9.07. The van der Waals surface area contributed by atoms with Crippen molar-refractivity contribution in [3.63, 3.8) is 0 Å². The summed E-state index contributed by atoms with van der Waals surface area (Å²) in [7, 11) is 0. The largest absolute Gasteiger partial charge is 0.416 e. The van der Waals surface area contributed by atoms with E-state index in [0.717, 1.165) is 17.9 Å². The highest BCUT2D eigenvalue weighted by Gasteiger charge is 2.34. The minimum atomic E-state index is -4.64. The minimum absolute atomic E-state index is 0.110. The van der Waals surface area contributed by atoms with E-state index in [2.05, 4.69) is 15.6 Å². The second-order valence-electron chi connectivity index (χ2n) is 5.87. The number of nitrogens with one attached hydrogen (secondary N) is 2. The van der Waals surface area contributed by atoms with Gasteiger partial charge in [0.05, 0.1) is 17.7 Å². The summed E-state index contributed by atoms with van der Waals surface area (Å²) in [5.74, 6) is 0.850. The third-order valence-corrected chi connectivity index (χ3v) is 5.03. The lowest BCUT2D eigenvalue weighted by atomic mass is 10.0. The number of nitrogens with zero attached hydrogens (tertiary/aromatic N) is 1. The Kier molecular flexibility index (Phi) is 6.56. The summed E-state index contributed by atoms with van der Waals surface area (Å²) in [5, 5.41) is 16.2. The molecule has 1 aliphatic rings. The Labute approximate surface area is 148 Å². The monoisotopic (exact) mass is 379 g/mol. The Hall–Kier alpha value is -1.48. The summed E-state index contributed by atoms with van der Waals surface area (Å²) in [5.41, 5.74) is -1.98. The summed E-state index contributed by atoms with van der Waals surface area (Å²) in [4.78, 5) is 4.13. The number of aliphatic imine (C=N–C) groups is 1. The molecule has 1 saturated heterocycles. The number of hydrogen-bond acceptors (Lipinski definition) is 3. The van der Waals surface area contributed by atoms with Crippen molar-refractivity contribution in [2.75, 3.05) is 24.6 Å². The van der Waals surface area contributed by atoms with Crippen LogP contribution in [-0.4, -0.2) is 41.3 Å². The SMILES string of the molecule is CCNC(=NCc1ccc(F)cc1C(F)(F)F)NCC1(O)CCSC1. The summed E-state index contributed by atoms with van der Waals surface area (Å²) in [6.45, 7) is 2.37. The fourth-order valence-electron chi connectivity index (χ4n) is 2.44. The van der Waals surface area contributed by atoms with Gasteiger partial charge in [-0.1, -0.05) is 6.07 Å². The van der Waals surface area contributed by atoms with Crippen LogP contribution < -0.4 is 10.6 Å². The maximum atomic E-state index is 13.1. The Morgan fingerprint density at radius 1 is 1.36 bits per heavy atom. The van der Waals surface area contributed by atoms with Gasteiger partial charge in [-0.3, -0.25) is 0 Å². The van der Waals surface area contributed by atoms with Crippen molar-refractivity contribution in [3.05, 3.63) is 35.1 Å². The van der Waals surface area contributed by atoms with Crippen LogP contribution in [0.5, 0.6) is 0 Å². The third-order valence-electron chi connectivity index (χ3n) is 3.80. The van der Waals surface area contributed by atoms with Gasteiger partial charge >= 0.3 is 6.18 Å². The lowest BCUT2D eigenvalue weighted by Crippen LogP contribution is -2.47. The molecule has 0 radical (unpaired) electrons. The summed E-state index contributed by atoms with van der Waals surface area (Å²) in [6, 6.07) is 2.55. The van der Waals surface area contributed by atoms with E-state index in [1.165, 1.54) is 0 Å². The van der Waals surface area contributed by atoms with E-state index in [9.17, 15) is 22.7 Å². The number of rotatable bonds is 5. The van der Waals surface area contributed by atoms with Crippen molar-refractivity contribution in [1.82, 2.24) is 10.6 Å². The van der Waals surface area contributed by atoms with Crippen LogP contribution in [-0.2, 0) is 12.7 Å². The molecule has 0 aromatic heterocycles. The zero-order valence-electron chi connectivity index (χ0n) is 13.8. The van der Waals surface area contributed by atoms with Crippen molar-refractivity contribution in [2.24, 2.45) is 4.99 Å². The smallest absolute Gasteiger partial charge is 0.387 e. The maximum absolute atomic E-state index is 13.1. The predicted molar refractivity (Wildman–Crippen MR) is 91.1 cm³/mol. The molecule has 3 N–H and O–H groups in total. The molecule has 1 atom stereocenters. The van der Waals surface area contributed by atoms with Gasteiger partial charge in [-0.25, -0.2) is 9.38 Å². The molecule has 1 unspecified atom stereocenters. The van der Waals surface area contributed by atoms with Crippen LogP contribution in [0.1, 0.15) is 24.5 Å². The van der Waals surface area contributed by atoms with Crippen molar-refractivity contribution in [3.8, 4) is 0 Å². The van der Waals surface area contributed by atoms with E-state index >= 15 is 0 Å². The Morgan fingerprint density at radius 3 is 2.72 bits per heavy atom. The highest BCUT2D eigenvalue weighted by atomic mass is 32.2. The van der Waals surface area contributed by atoms with Gasteiger partial charge in [0.2, 0.25) is 0 Å². The van der Waals surface area contributed by atoms with E-state index in [-0.39, 0.29) is 18.7 Å². The molecule has 1 fully saturated rings. The normalized spacial score (nSPS) is 21.4. The van der Waals surface area contributed by atoms with E-state index in [1.54, 1.807) is 11.8 Å². The van der Waals surface area contributed by atoms with E-state index in [4.69, 9.17) is 0 Å². The number of benzene rings is 1. The lowest BCUT2D eigenvalue weighted by Gasteiger charge is -2.23. The van der Waals surface area contributed by atoms with Crippen LogP contribution >= 0.6 is 11.8 Å². The van der Waals surface area contributed by atoms with Crippen LogP contribution in [0.2, 0.25) is 0 Å². The number of alkyl halides is 3. The molecule has 0 amide bonds. The standard InChI is InChI=1S/C16H21F4N3OS/c1-2-21-14(23-9-15(24)5-6-25-10-15)22-8-11-3-4-12(17)7-13(11)16(18,19)20/h3-4,7,24H,2,5-6,8-10H2,1H3,(H2,21,22,23). The minimum Gasteiger partial charge on any atom is -0.387 e. The molecular formula is C16H21F4N3OS. The van der Waals surface area contributed by atoms with E-state index in [0.29, 0.717) is 30.7 Å². The molecule has 1 aliphatic heterocycles. The van der Waals surface area contributed by atoms with Gasteiger partial charge in [-0.05, 0) is 36.8 Å². The zero-order valence-corrected chi connectivity index (χ0v) is 14.6. The first kappa shape index (κ1) is 19.8. The molecule has 2 rings (SSSR count). The second-order valence-corrected chi connectivity index (χ2v) is 6.98. The third kappa shape index (κ3) is 5.78. The summed E-state index contributed by atoms with van der Waals surface area (Å²) in [6.07, 6.45) is -3.99. The predicted octanol–water partition coefficient (Wildman–Crippen LogP) is 2.77. The Balaban J connectivity index is 2.10. The molecule has 0 saturated carbocycles. The number of hydrogen-bond donors (Lipinski definition) is 3. The van der Waals surface area contributed by atoms with Crippen molar-refractivity contribution >= 4 is 17.7 Å². The highest BCUT2D eigenvalue weighted by Crippen LogP contribution is 2.33. The summed E-state index contributed by atoms with van der Waals surface area (Å²) < 4.78 is 52.2. The van der Waals surface area contributed by atoms with Gasteiger partial charge in [0.25, 0.3) is 0 Å². The van der Waals surface area contributed by atoms with Crippen LogP contribution in [0.15, 0.2) is 23.2 Å². The molecular weight excluding hydrogens is 358 g/mol. The second kappa shape index (κ2) is 8.27. The molecule has 140 valence electrons. The van der Waals surface area contributed by atoms with E-state index < -0.39 is 23.2 Å². The molecule has 1 heterocycles. The molecule has 0 spiro atoms. The van der Waals surface area contributed by atoms with Crippen LogP contribution in [0.3, 0.4) is 0 Å². The number of guanidine groups is 1. The number of aliphatic hydroxyl groups is 1. The van der Waals surface area contributed by atoms with Crippen LogP contribution in [0, 0.1) is 5.82 Å². The topological polar surface area (TPSA) is 56.7 Å². The number of thioether (sulfide) groups is 1. The Morgan fingerprint density at radius 2 is 2.12 bits per heavy atom. The van der Waals surface area contributed by atoms with Gasteiger partial charge < -0.3 is 15.7 Å². The average molecular weight is 379 g/mol. The average Bonchev–Trinajstić information content (AvgIpc) is 2.97. The zero-order chi connectivity index (χ0) is 18.5. The number of halogens is 4. The lowest BCUT2D eigenvalue weighted by molar-refractivity contribution is -0.138. The van der Waals surface area contributed by atoms with Gasteiger partial charge in [0, 0.05) is 18.8 Å². The molecule has 0 bridgehead atoms. The van der Waals surface area contributed by atoms with Crippen molar-refractivity contribution in [1.29, 1.82) is 0 Å². The molecule has 9 heteroatoms. The van der Waals surface area contributed by atoms with Gasteiger partial charge in [0.15, 0.2) is 5.96 Å². The first-order valence-electron chi connectivity index (χ1n) is 7.91. The molecule has 4 nitrogen and oxygen atoms in total. The first-order chi connectivity index (χ1) is 11.7. The van der Waals surface area contributed by atoms with Crippen molar-refractivity contribution in [2.45, 2.75) is 31.7 Å². The van der Waals surface area contributed by atoms with Gasteiger partial charge in [-0.2, -0.15) is 24.9 Å². The molecule has 0 aliphatic carbocycles. The van der Waals surface area contributed by atoms with E-state index in [1.807, 2.05) is 6.92 Å². The molecule has 1 aromatic carbocycles. The Bertz CT molecular complexity index is 616. The highest BCUT2D eigenvalue weighted by molar-refractivity contribution is 7.99. The van der Waals surface area contributed by atoms with Crippen molar-refractivity contribution < 1.29 is 22.7 Å². The van der Waals surface area contributed by atoms with Crippen LogP contribution in [0.25, 0.3) is 0 Å². The molecule has 25 heavy (non-hydrogen) atoms. The quantitative estimate of drug-likeness (QED) is 0.418. The fourth-order valence-corrected chi connectivity index (χ4v) is 3.74. The van der Waals surface area contributed by atoms with Gasteiger partial charge in [0.1, 0.15) is 5.82 Å². The maximum Gasteiger partial charge on any atom is 0.416 e. The summed E-state index contributed by atoms with van der Waals surface area (Å²) >= 11 is 1.65.